The molecule has 1 heterocycles. The van der Waals surface area contributed by atoms with E-state index in [9.17, 15) is 43.2 Å². The lowest BCUT2D eigenvalue weighted by Gasteiger charge is -2.35. The highest BCUT2D eigenvalue weighted by atomic mass is 16.6. The van der Waals surface area contributed by atoms with E-state index < -0.39 is 113 Å². The number of alkyl carbamates (subject to hydrolysis) is 1. The normalized spacial score (nSPS) is 16.2. The van der Waals surface area contributed by atoms with Gasteiger partial charge in [-0.05, 0) is 107 Å². The van der Waals surface area contributed by atoms with Crippen molar-refractivity contribution in [1.29, 1.82) is 0 Å². The number of nitrogens with one attached hydrogen (secondary N) is 4. The number of likely N-dealkylation sites (tertiary alicyclic amines) is 1. The molecule has 77 heavy (non-hydrogen) atoms. The summed E-state index contributed by atoms with van der Waals surface area (Å²) in [4.78, 5) is 129. The first-order chi connectivity index (χ1) is 35.8. The van der Waals surface area contributed by atoms with Gasteiger partial charge in [0.2, 0.25) is 29.5 Å². The SMILES string of the molecule is CC[C@H](C)[C@H](CCC(=O)O[C@H](C(=O)N[C@@H](CC(C)C)C(=O)N1CCCC1)C(C)C)NC(=O)[C@@H](NC(=O)[C@@H](CC(C)C)N(C)C(=O)[C@@H](NC(=O)OC(C)(C)C)C(C)C)[C@@H](C)OC(=O)[C@H](Cc1ccc(OC)cc1)N(C)C(C)=O. The third kappa shape index (κ3) is 22.1. The highest BCUT2D eigenvalue weighted by Crippen LogP contribution is 2.22. The largest absolute Gasteiger partial charge is 0.497 e. The molecule has 0 unspecified atom stereocenters. The lowest BCUT2D eigenvalue weighted by molar-refractivity contribution is -0.161. The molecule has 20 heteroatoms. The van der Waals surface area contributed by atoms with Crippen molar-refractivity contribution in [3.63, 3.8) is 0 Å². The molecule has 0 spiro atoms. The molecule has 0 aliphatic carbocycles. The summed E-state index contributed by atoms with van der Waals surface area (Å²) in [5.41, 5.74) is -0.174. The van der Waals surface area contributed by atoms with Crippen LogP contribution in [0.1, 0.15) is 154 Å². The quantitative estimate of drug-likeness (QED) is 0.0535. The third-order valence-electron chi connectivity index (χ3n) is 13.8. The minimum Gasteiger partial charge on any atom is -0.497 e. The van der Waals surface area contributed by atoms with Crippen molar-refractivity contribution < 1.29 is 62.1 Å². The molecule has 2 rings (SSSR count). The van der Waals surface area contributed by atoms with Crippen molar-refractivity contribution in [2.45, 2.75) is 209 Å². The van der Waals surface area contributed by atoms with Gasteiger partial charge in [-0.2, -0.15) is 0 Å². The molecule has 4 N–H and O–H groups in total. The van der Waals surface area contributed by atoms with E-state index in [-0.39, 0.29) is 49.3 Å². The zero-order chi connectivity index (χ0) is 58.6. The van der Waals surface area contributed by atoms with E-state index in [4.69, 9.17) is 18.9 Å². The van der Waals surface area contributed by atoms with Crippen molar-refractivity contribution in [3.05, 3.63) is 29.8 Å². The Labute approximate surface area is 458 Å². The molecule has 7 amide bonds. The van der Waals surface area contributed by atoms with E-state index in [1.807, 2.05) is 41.5 Å². The van der Waals surface area contributed by atoms with E-state index in [0.29, 0.717) is 37.2 Å². The van der Waals surface area contributed by atoms with E-state index in [0.717, 1.165) is 12.8 Å². The molecule has 1 aliphatic rings. The standard InChI is InChI=1S/C57H95N7O13/c1-19-37(10)42(26-27-46(66)76-49(36(8)9)52(69)59-43(30-33(2)3)53(70)64-28-20-21-29-64)58-51(68)48(38(11)75-55(72)45(62(16)39(12)65)32-40-22-24-41(74-18)25-23-40)60-50(67)44(31-34(4)5)63(17)54(71)47(35(6)7)61-56(73)77-57(13,14)15/h22-25,33-38,42-45,47-49H,19-21,26-32H2,1-18H3,(H,58,68)(H,59,69)(H,60,67)(H,61,73)/t37-,38+,42-,43-,44+,45-,47-,48-,49-/m0/s1. The minimum atomic E-state index is -1.59. The molecule has 1 saturated heterocycles. The highest BCUT2D eigenvalue weighted by Gasteiger charge is 2.40. The minimum absolute atomic E-state index is 0.0351. The maximum absolute atomic E-state index is 14.9. The number of carbonyl (C=O) groups excluding carboxylic acids is 9. The second-order valence-corrected chi connectivity index (χ2v) is 23.2. The molecule has 20 nitrogen and oxygen atoms in total. The zero-order valence-corrected chi connectivity index (χ0v) is 49.5. The lowest BCUT2D eigenvalue weighted by Crippen LogP contribution is -2.61. The van der Waals surface area contributed by atoms with Crippen LogP contribution < -0.4 is 26.0 Å². The van der Waals surface area contributed by atoms with Crippen LogP contribution in [0.5, 0.6) is 5.75 Å². The second-order valence-electron chi connectivity index (χ2n) is 23.2. The van der Waals surface area contributed by atoms with Crippen LogP contribution in [0, 0.1) is 29.6 Å². The molecule has 436 valence electrons. The Morgan fingerprint density at radius 1 is 0.688 bits per heavy atom. The molecule has 0 saturated carbocycles. The molecule has 1 aromatic carbocycles. The fourth-order valence-electron chi connectivity index (χ4n) is 8.89. The molecular weight excluding hydrogens is 991 g/mol. The molecule has 1 aliphatic heterocycles. The van der Waals surface area contributed by atoms with Crippen molar-refractivity contribution in [1.82, 2.24) is 36.0 Å². The first-order valence-electron chi connectivity index (χ1n) is 27.5. The number of amides is 7. The molecule has 0 aromatic heterocycles. The van der Waals surface area contributed by atoms with Crippen LogP contribution in [0.25, 0.3) is 0 Å². The predicted molar refractivity (Wildman–Crippen MR) is 293 cm³/mol. The first kappa shape index (κ1) is 67.2. The number of hydrogen-bond acceptors (Lipinski definition) is 13. The van der Waals surface area contributed by atoms with Crippen LogP contribution in [0.4, 0.5) is 4.79 Å². The topological polar surface area (TPSA) is 248 Å². The number of benzene rings is 1. The number of esters is 2. The average Bonchev–Trinajstić information content (AvgIpc) is 3.89. The Morgan fingerprint density at radius 3 is 1.77 bits per heavy atom. The molecule has 1 aromatic rings. The number of hydrogen-bond donors (Lipinski definition) is 4. The highest BCUT2D eigenvalue weighted by molar-refractivity contribution is 5.95. The van der Waals surface area contributed by atoms with E-state index in [1.165, 1.54) is 44.9 Å². The van der Waals surface area contributed by atoms with Crippen molar-refractivity contribution in [2.75, 3.05) is 34.3 Å². The zero-order valence-electron chi connectivity index (χ0n) is 49.5. The Bertz CT molecular complexity index is 2120. The van der Waals surface area contributed by atoms with Crippen molar-refractivity contribution >= 4 is 53.5 Å². The Hall–Kier alpha value is -5.95. The number of rotatable bonds is 29. The second kappa shape index (κ2) is 31.5. The van der Waals surface area contributed by atoms with Crippen LogP contribution in [-0.4, -0.2) is 157 Å². The summed E-state index contributed by atoms with van der Waals surface area (Å²) in [6.45, 7) is 27.4. The van der Waals surface area contributed by atoms with Crippen LogP contribution in [-0.2, 0) is 59.0 Å². The number of nitrogens with zero attached hydrogens (tertiary/aromatic N) is 3. The van der Waals surface area contributed by atoms with Crippen LogP contribution >= 0.6 is 0 Å². The van der Waals surface area contributed by atoms with Gasteiger partial charge in [-0.3, -0.25) is 33.6 Å². The average molecular weight is 1090 g/mol. The van der Waals surface area contributed by atoms with Gasteiger partial charge in [0.05, 0.1) is 7.11 Å². The van der Waals surface area contributed by atoms with Gasteiger partial charge in [-0.15, -0.1) is 0 Å². The van der Waals surface area contributed by atoms with Gasteiger partial charge in [-0.25, -0.2) is 9.59 Å². The molecular formula is C57H95N7O13. The lowest BCUT2D eigenvalue weighted by atomic mass is 9.94. The Balaban J connectivity index is 2.56. The number of ether oxygens (including phenoxy) is 4. The first-order valence-corrected chi connectivity index (χ1v) is 27.5. The number of methoxy groups -OCH3 is 1. The van der Waals surface area contributed by atoms with Crippen molar-refractivity contribution in [3.8, 4) is 5.75 Å². The summed E-state index contributed by atoms with van der Waals surface area (Å²) in [6, 6.07) is 0.380. The molecule has 1 fully saturated rings. The van der Waals surface area contributed by atoms with Crippen molar-refractivity contribution in [2.24, 2.45) is 29.6 Å². The monoisotopic (exact) mass is 1090 g/mol. The van der Waals surface area contributed by atoms with Crippen LogP contribution in [0.15, 0.2) is 24.3 Å². The molecule has 9 atom stereocenters. The van der Waals surface area contributed by atoms with Gasteiger partial charge in [0, 0.05) is 53.0 Å². The fraction of sp³-hybridized carbons (Fsp3) is 0.737. The number of likely N-dealkylation sites (N-methyl/N-ethyl adjacent to an activating group) is 2. The van der Waals surface area contributed by atoms with Gasteiger partial charge in [0.25, 0.3) is 5.91 Å². The van der Waals surface area contributed by atoms with Gasteiger partial charge in [-0.1, -0.05) is 87.8 Å². The summed E-state index contributed by atoms with van der Waals surface area (Å²) in [6.07, 6.45) is -0.687. The molecule has 0 bridgehead atoms. The summed E-state index contributed by atoms with van der Waals surface area (Å²) in [5, 5.41) is 11.3. The van der Waals surface area contributed by atoms with E-state index in [2.05, 4.69) is 21.3 Å². The predicted octanol–water partition coefficient (Wildman–Crippen LogP) is 5.96. The summed E-state index contributed by atoms with van der Waals surface area (Å²) >= 11 is 0. The van der Waals surface area contributed by atoms with Crippen LogP contribution in [0.2, 0.25) is 0 Å². The third-order valence-corrected chi connectivity index (χ3v) is 13.8. The van der Waals surface area contributed by atoms with Gasteiger partial charge in [0.1, 0.15) is 47.7 Å². The maximum atomic E-state index is 14.9. The van der Waals surface area contributed by atoms with E-state index >= 15 is 0 Å². The Morgan fingerprint density at radius 2 is 1.27 bits per heavy atom. The smallest absolute Gasteiger partial charge is 0.408 e. The van der Waals surface area contributed by atoms with Gasteiger partial charge >= 0.3 is 18.0 Å². The van der Waals surface area contributed by atoms with Gasteiger partial charge < -0.3 is 54.9 Å². The summed E-state index contributed by atoms with van der Waals surface area (Å²) in [5.74, 6) is -5.47. The Kier molecular flexibility index (Phi) is 27.4. The fourth-order valence-corrected chi connectivity index (χ4v) is 8.89. The maximum Gasteiger partial charge on any atom is 0.408 e. The summed E-state index contributed by atoms with van der Waals surface area (Å²) < 4.78 is 22.6. The summed E-state index contributed by atoms with van der Waals surface area (Å²) in [7, 11) is 4.41. The molecule has 0 radical (unpaired) electrons. The number of carbonyl (C=O) groups is 9. The van der Waals surface area contributed by atoms with E-state index in [1.54, 1.807) is 77.6 Å². The van der Waals surface area contributed by atoms with Gasteiger partial charge in [0.15, 0.2) is 6.10 Å². The van der Waals surface area contributed by atoms with Crippen LogP contribution in [0.3, 0.4) is 0 Å².